The molecular formula is C16H19N3O2. The van der Waals surface area contributed by atoms with Crippen LogP contribution >= 0.6 is 0 Å². The quantitative estimate of drug-likeness (QED) is 0.867. The Morgan fingerprint density at radius 2 is 2.19 bits per heavy atom. The van der Waals surface area contributed by atoms with Gasteiger partial charge in [0.1, 0.15) is 11.5 Å². The molecule has 1 saturated carbocycles. The first-order valence-electron chi connectivity index (χ1n) is 7.42. The third-order valence-electron chi connectivity index (χ3n) is 4.00. The molecule has 1 atom stereocenters. The maximum Gasteiger partial charge on any atom is 0.227 e. The van der Waals surface area contributed by atoms with Crippen molar-refractivity contribution >= 4 is 5.78 Å². The molecule has 0 aliphatic heterocycles. The van der Waals surface area contributed by atoms with Crippen LogP contribution in [0.2, 0.25) is 0 Å². The number of hydrogen-bond acceptors (Lipinski definition) is 5. The minimum absolute atomic E-state index is 0.0409. The summed E-state index contributed by atoms with van der Waals surface area (Å²) in [6.45, 7) is 3.98. The fourth-order valence-corrected chi connectivity index (χ4v) is 2.87. The summed E-state index contributed by atoms with van der Waals surface area (Å²) in [5.41, 5.74) is 2.87. The highest BCUT2D eigenvalue weighted by Gasteiger charge is 2.25. The molecule has 3 rings (SSSR count). The molecule has 2 aromatic rings. The molecule has 0 bridgehead atoms. The number of aromatic nitrogens is 3. The Balaban J connectivity index is 1.78. The molecule has 21 heavy (non-hydrogen) atoms. The van der Waals surface area contributed by atoms with Gasteiger partial charge in [-0.1, -0.05) is 17.6 Å². The molecule has 0 amide bonds. The minimum Gasteiger partial charge on any atom is -0.339 e. The van der Waals surface area contributed by atoms with E-state index in [0.717, 1.165) is 36.1 Å². The van der Waals surface area contributed by atoms with E-state index in [1.807, 2.05) is 19.9 Å². The molecule has 1 aliphatic carbocycles. The highest BCUT2D eigenvalue weighted by molar-refractivity contribution is 5.81. The summed E-state index contributed by atoms with van der Waals surface area (Å²) in [6, 6.07) is 2.04. The lowest BCUT2D eigenvalue weighted by Crippen LogP contribution is -2.21. The predicted octanol–water partition coefficient (Wildman–Crippen LogP) is 3.05. The van der Waals surface area contributed by atoms with Crippen molar-refractivity contribution in [3.63, 3.8) is 0 Å². The lowest BCUT2D eigenvalue weighted by molar-refractivity contribution is -0.124. The monoisotopic (exact) mass is 285 g/mol. The molecule has 0 aromatic carbocycles. The lowest BCUT2D eigenvalue weighted by Gasteiger charge is -2.18. The number of Topliss-reactive ketones (excluding diaryl/α,β-unsaturated/α-hetero) is 1. The summed E-state index contributed by atoms with van der Waals surface area (Å²) in [5.74, 6) is 1.41. The molecule has 0 spiro atoms. The molecule has 5 heteroatoms. The fraction of sp³-hybridized carbons (Fsp3) is 0.500. The van der Waals surface area contributed by atoms with Gasteiger partial charge in [0.05, 0.1) is 0 Å². The average molecular weight is 285 g/mol. The van der Waals surface area contributed by atoms with Crippen molar-refractivity contribution in [2.75, 3.05) is 0 Å². The second kappa shape index (κ2) is 5.76. The van der Waals surface area contributed by atoms with Crippen molar-refractivity contribution in [3.8, 4) is 11.5 Å². The Morgan fingerprint density at radius 3 is 2.95 bits per heavy atom. The molecule has 1 fully saturated rings. The summed E-state index contributed by atoms with van der Waals surface area (Å²) in [6.07, 6.45) is 6.08. The van der Waals surface area contributed by atoms with Crippen LogP contribution in [0.1, 0.15) is 42.7 Å². The van der Waals surface area contributed by atoms with Gasteiger partial charge < -0.3 is 4.52 Å². The summed E-state index contributed by atoms with van der Waals surface area (Å²) in [7, 11) is 0. The minimum atomic E-state index is 0.0409. The van der Waals surface area contributed by atoms with E-state index in [-0.39, 0.29) is 5.92 Å². The zero-order valence-electron chi connectivity index (χ0n) is 12.4. The third kappa shape index (κ3) is 3.01. The second-order valence-electron chi connectivity index (χ2n) is 5.80. The molecule has 2 aromatic heterocycles. The van der Waals surface area contributed by atoms with E-state index < -0.39 is 0 Å². The largest absolute Gasteiger partial charge is 0.339 e. The molecule has 1 unspecified atom stereocenters. The van der Waals surface area contributed by atoms with Gasteiger partial charge >= 0.3 is 0 Å². The maximum atomic E-state index is 11.9. The fourth-order valence-electron chi connectivity index (χ4n) is 2.87. The van der Waals surface area contributed by atoms with Crippen LogP contribution in [-0.4, -0.2) is 20.9 Å². The Labute approximate surface area is 123 Å². The van der Waals surface area contributed by atoms with Crippen LogP contribution in [0.15, 0.2) is 16.8 Å². The van der Waals surface area contributed by atoms with Gasteiger partial charge in [0.15, 0.2) is 0 Å². The van der Waals surface area contributed by atoms with Crippen LogP contribution in [-0.2, 0) is 11.2 Å². The topological polar surface area (TPSA) is 68.9 Å². The van der Waals surface area contributed by atoms with Crippen LogP contribution in [0.4, 0.5) is 0 Å². The average Bonchev–Trinajstić information content (AvgIpc) is 2.90. The molecule has 0 N–H and O–H groups in total. The number of aryl methyl sites for hydroxylation is 2. The number of nitrogens with zero attached hydrogens (tertiary/aromatic N) is 3. The van der Waals surface area contributed by atoms with Crippen molar-refractivity contribution in [1.82, 2.24) is 15.1 Å². The van der Waals surface area contributed by atoms with Gasteiger partial charge in [-0.05, 0) is 37.8 Å². The van der Waals surface area contributed by atoms with Crippen molar-refractivity contribution in [2.24, 2.45) is 5.92 Å². The van der Waals surface area contributed by atoms with E-state index >= 15 is 0 Å². The first-order valence-corrected chi connectivity index (χ1v) is 7.42. The molecule has 110 valence electrons. The van der Waals surface area contributed by atoms with Gasteiger partial charge in [-0.2, -0.15) is 4.98 Å². The SMILES string of the molecule is Cc1cnc(-c2noc(CC3CCCCC3=O)n2)c(C)c1. The molecule has 1 aliphatic rings. The smallest absolute Gasteiger partial charge is 0.227 e. The summed E-state index contributed by atoms with van der Waals surface area (Å²) in [5, 5.41) is 4.01. The van der Waals surface area contributed by atoms with E-state index in [2.05, 4.69) is 15.1 Å². The first-order chi connectivity index (χ1) is 10.1. The molecular weight excluding hydrogens is 266 g/mol. The lowest BCUT2D eigenvalue weighted by atomic mass is 9.86. The number of hydrogen-bond donors (Lipinski definition) is 0. The third-order valence-corrected chi connectivity index (χ3v) is 4.00. The number of pyridine rings is 1. The normalized spacial score (nSPS) is 19.0. The Hall–Kier alpha value is -2.04. The number of ketones is 1. The maximum absolute atomic E-state index is 11.9. The van der Waals surface area contributed by atoms with Crippen molar-refractivity contribution < 1.29 is 9.32 Å². The summed E-state index contributed by atoms with van der Waals surface area (Å²) < 4.78 is 5.30. The van der Waals surface area contributed by atoms with Gasteiger partial charge in [-0.15, -0.1) is 0 Å². The van der Waals surface area contributed by atoms with Crippen molar-refractivity contribution in [1.29, 1.82) is 0 Å². The number of carbonyl (C=O) groups is 1. The van der Waals surface area contributed by atoms with Gasteiger partial charge in [-0.3, -0.25) is 9.78 Å². The Bertz CT molecular complexity index is 663. The summed E-state index contributed by atoms with van der Waals surface area (Å²) in [4.78, 5) is 20.6. The zero-order chi connectivity index (χ0) is 14.8. The van der Waals surface area contributed by atoms with Gasteiger partial charge in [0.2, 0.25) is 11.7 Å². The van der Waals surface area contributed by atoms with Crippen LogP contribution in [0.3, 0.4) is 0 Å². The van der Waals surface area contributed by atoms with Gasteiger partial charge in [-0.25, -0.2) is 0 Å². The number of carbonyl (C=O) groups excluding carboxylic acids is 1. The van der Waals surface area contributed by atoms with E-state index in [0.29, 0.717) is 30.3 Å². The van der Waals surface area contributed by atoms with Gasteiger partial charge in [0, 0.05) is 25.0 Å². The van der Waals surface area contributed by atoms with Gasteiger partial charge in [0.25, 0.3) is 0 Å². The van der Waals surface area contributed by atoms with E-state index in [9.17, 15) is 4.79 Å². The number of rotatable bonds is 3. The molecule has 0 saturated heterocycles. The van der Waals surface area contributed by atoms with Crippen LogP contribution in [0.25, 0.3) is 11.5 Å². The molecule has 2 heterocycles. The van der Waals surface area contributed by atoms with E-state index in [1.54, 1.807) is 6.20 Å². The predicted molar refractivity (Wildman–Crippen MR) is 77.7 cm³/mol. The molecule has 0 radical (unpaired) electrons. The van der Waals surface area contributed by atoms with Crippen LogP contribution < -0.4 is 0 Å². The second-order valence-corrected chi connectivity index (χ2v) is 5.80. The Morgan fingerprint density at radius 1 is 1.33 bits per heavy atom. The highest BCUT2D eigenvalue weighted by Crippen LogP contribution is 2.25. The van der Waals surface area contributed by atoms with E-state index in [1.165, 1.54) is 0 Å². The van der Waals surface area contributed by atoms with Crippen molar-refractivity contribution in [2.45, 2.75) is 46.0 Å². The standard InChI is InChI=1S/C16H19N3O2/c1-10-7-11(2)15(17-9-10)16-18-14(21-19-16)8-12-5-3-4-6-13(12)20/h7,9,12H,3-6,8H2,1-2H3. The highest BCUT2D eigenvalue weighted by atomic mass is 16.5. The zero-order valence-corrected chi connectivity index (χ0v) is 12.4. The van der Waals surface area contributed by atoms with Crippen LogP contribution in [0.5, 0.6) is 0 Å². The summed E-state index contributed by atoms with van der Waals surface area (Å²) >= 11 is 0. The first kappa shape index (κ1) is 13.9. The van der Waals surface area contributed by atoms with E-state index in [4.69, 9.17) is 4.52 Å². The van der Waals surface area contributed by atoms with Crippen LogP contribution in [0, 0.1) is 19.8 Å². The molecule has 5 nitrogen and oxygen atoms in total. The van der Waals surface area contributed by atoms with Crippen molar-refractivity contribution in [3.05, 3.63) is 29.3 Å². The Kier molecular flexibility index (Phi) is 3.82.